The predicted molar refractivity (Wildman–Crippen MR) is 104 cm³/mol. The van der Waals surface area contributed by atoms with Gasteiger partial charge in [0.15, 0.2) is 5.96 Å². The molecule has 2 rings (SSSR count). The molecule has 0 aliphatic heterocycles. The number of carbonyl (C=O) groups excluding carboxylic acids is 1. The van der Waals surface area contributed by atoms with E-state index in [1.54, 1.807) is 32.3 Å². The van der Waals surface area contributed by atoms with Gasteiger partial charge in [0.1, 0.15) is 5.75 Å². The number of halogens is 2. The average Bonchev–Trinajstić information content (AvgIpc) is 2.68. The number of hydrogen-bond acceptors (Lipinski definition) is 3. The van der Waals surface area contributed by atoms with Crippen molar-refractivity contribution in [1.29, 1.82) is 0 Å². The van der Waals surface area contributed by atoms with E-state index in [0.29, 0.717) is 18.1 Å². The van der Waals surface area contributed by atoms with Gasteiger partial charge in [-0.1, -0.05) is 48.5 Å². The zero-order chi connectivity index (χ0) is 20.4. The largest absolute Gasteiger partial charge is 0.434 e. The fourth-order valence-electron chi connectivity index (χ4n) is 2.29. The summed E-state index contributed by atoms with van der Waals surface area (Å²) in [6, 6.07) is 16.2. The molecule has 0 bridgehead atoms. The molecule has 0 heterocycles. The van der Waals surface area contributed by atoms with Gasteiger partial charge < -0.3 is 20.3 Å². The fraction of sp³-hybridized carbons (Fsp3) is 0.300. The summed E-state index contributed by atoms with van der Waals surface area (Å²) in [6.45, 7) is -2.23. The number of nitrogens with zero attached hydrogens (tertiary/aromatic N) is 2. The standard InChI is InChI=1S/C20H24F2N4O2/c1-26(2)18(27)14-25-20(23-12-15-8-4-3-5-9-15)24-13-16-10-6-7-11-17(16)28-19(21)22/h3-11,19H,12-14H2,1-2H3,(H2,23,24,25). The lowest BCUT2D eigenvalue weighted by Crippen LogP contribution is -2.42. The number of alkyl halides is 2. The highest BCUT2D eigenvalue weighted by Crippen LogP contribution is 2.19. The minimum Gasteiger partial charge on any atom is -0.434 e. The van der Waals surface area contributed by atoms with Crippen molar-refractivity contribution < 1.29 is 18.3 Å². The number of amides is 1. The maximum atomic E-state index is 12.6. The third-order valence-electron chi connectivity index (χ3n) is 3.80. The van der Waals surface area contributed by atoms with E-state index >= 15 is 0 Å². The monoisotopic (exact) mass is 390 g/mol. The number of benzene rings is 2. The first kappa shape index (κ1) is 21.1. The van der Waals surface area contributed by atoms with Gasteiger partial charge in [-0.15, -0.1) is 0 Å². The molecule has 0 saturated carbocycles. The molecule has 2 N–H and O–H groups in total. The highest BCUT2D eigenvalue weighted by Gasteiger charge is 2.10. The van der Waals surface area contributed by atoms with Crippen molar-refractivity contribution >= 4 is 11.9 Å². The normalized spacial score (nSPS) is 11.2. The van der Waals surface area contributed by atoms with E-state index in [1.807, 2.05) is 30.3 Å². The first-order valence-electron chi connectivity index (χ1n) is 8.74. The van der Waals surface area contributed by atoms with Crippen LogP contribution in [0.1, 0.15) is 11.1 Å². The van der Waals surface area contributed by atoms with Crippen LogP contribution in [-0.4, -0.2) is 44.0 Å². The number of para-hydroxylation sites is 1. The van der Waals surface area contributed by atoms with E-state index in [4.69, 9.17) is 0 Å². The van der Waals surface area contributed by atoms with Crippen molar-refractivity contribution in [3.63, 3.8) is 0 Å². The molecule has 0 unspecified atom stereocenters. The topological polar surface area (TPSA) is 66.0 Å². The Morgan fingerprint density at radius 1 is 1.07 bits per heavy atom. The van der Waals surface area contributed by atoms with Gasteiger partial charge in [0.05, 0.1) is 13.1 Å². The highest BCUT2D eigenvalue weighted by atomic mass is 19.3. The van der Waals surface area contributed by atoms with Crippen molar-refractivity contribution in [1.82, 2.24) is 15.5 Å². The molecule has 2 aromatic rings. The van der Waals surface area contributed by atoms with Crippen LogP contribution in [0.5, 0.6) is 5.75 Å². The predicted octanol–water partition coefficient (Wildman–Crippen LogP) is 2.61. The summed E-state index contributed by atoms with van der Waals surface area (Å²) in [5, 5.41) is 6.02. The third-order valence-corrected chi connectivity index (χ3v) is 3.80. The highest BCUT2D eigenvalue weighted by molar-refractivity contribution is 5.86. The molecule has 0 aliphatic carbocycles. The molecule has 0 aliphatic rings. The Labute approximate surface area is 163 Å². The summed E-state index contributed by atoms with van der Waals surface area (Å²) in [7, 11) is 3.33. The van der Waals surface area contributed by atoms with Crippen LogP contribution in [-0.2, 0) is 17.9 Å². The second kappa shape index (κ2) is 10.9. The van der Waals surface area contributed by atoms with Crippen LogP contribution in [0.2, 0.25) is 0 Å². The average molecular weight is 390 g/mol. The molecule has 6 nitrogen and oxygen atoms in total. The summed E-state index contributed by atoms with van der Waals surface area (Å²) in [4.78, 5) is 17.8. The maximum absolute atomic E-state index is 12.6. The number of carbonyl (C=O) groups is 1. The van der Waals surface area contributed by atoms with Gasteiger partial charge in [-0.25, -0.2) is 4.99 Å². The Morgan fingerprint density at radius 3 is 2.43 bits per heavy atom. The summed E-state index contributed by atoms with van der Waals surface area (Å²) >= 11 is 0. The molecule has 28 heavy (non-hydrogen) atoms. The smallest absolute Gasteiger partial charge is 0.387 e. The minimum atomic E-state index is -2.90. The fourth-order valence-corrected chi connectivity index (χ4v) is 2.29. The van der Waals surface area contributed by atoms with Gasteiger partial charge in [-0.2, -0.15) is 8.78 Å². The maximum Gasteiger partial charge on any atom is 0.387 e. The molecule has 0 spiro atoms. The second-order valence-electron chi connectivity index (χ2n) is 6.13. The molecular formula is C20H24F2N4O2. The Morgan fingerprint density at radius 2 is 1.75 bits per heavy atom. The molecule has 0 radical (unpaired) electrons. The number of likely N-dealkylation sites (N-methyl/N-ethyl adjacent to an activating group) is 1. The lowest BCUT2D eigenvalue weighted by molar-refractivity contribution is -0.127. The van der Waals surface area contributed by atoms with Crippen LogP contribution in [0.15, 0.2) is 59.6 Å². The third kappa shape index (κ3) is 7.22. The lowest BCUT2D eigenvalue weighted by Gasteiger charge is -2.16. The van der Waals surface area contributed by atoms with Crippen LogP contribution in [0.3, 0.4) is 0 Å². The first-order valence-corrected chi connectivity index (χ1v) is 8.74. The molecule has 0 fully saturated rings. The van der Waals surface area contributed by atoms with Gasteiger partial charge in [0, 0.05) is 26.2 Å². The Balaban J connectivity index is 2.07. The van der Waals surface area contributed by atoms with Crippen LogP contribution in [0, 0.1) is 0 Å². The number of rotatable bonds is 8. The van der Waals surface area contributed by atoms with Crippen LogP contribution in [0.25, 0.3) is 0 Å². The van der Waals surface area contributed by atoms with E-state index in [1.165, 1.54) is 11.0 Å². The molecular weight excluding hydrogens is 366 g/mol. The van der Waals surface area contributed by atoms with Crippen molar-refractivity contribution in [3.8, 4) is 5.75 Å². The number of nitrogens with one attached hydrogen (secondary N) is 2. The Hall–Kier alpha value is -3.16. The summed E-state index contributed by atoms with van der Waals surface area (Å²) in [6.07, 6.45) is 0. The Kier molecular flexibility index (Phi) is 8.20. The number of aliphatic imine (C=N–C) groups is 1. The van der Waals surface area contributed by atoms with Gasteiger partial charge in [0.25, 0.3) is 0 Å². The van der Waals surface area contributed by atoms with Gasteiger partial charge in [-0.3, -0.25) is 4.79 Å². The number of hydrogen-bond donors (Lipinski definition) is 2. The van der Waals surface area contributed by atoms with E-state index in [0.717, 1.165) is 5.56 Å². The number of guanidine groups is 1. The molecule has 0 aromatic heterocycles. The van der Waals surface area contributed by atoms with Crippen molar-refractivity contribution in [2.75, 3.05) is 20.6 Å². The van der Waals surface area contributed by atoms with Gasteiger partial charge in [0.2, 0.25) is 5.91 Å². The quantitative estimate of drug-likeness (QED) is 0.537. The van der Waals surface area contributed by atoms with E-state index < -0.39 is 6.61 Å². The zero-order valence-corrected chi connectivity index (χ0v) is 15.9. The van der Waals surface area contributed by atoms with Crippen LogP contribution in [0.4, 0.5) is 8.78 Å². The molecule has 150 valence electrons. The van der Waals surface area contributed by atoms with Crippen molar-refractivity contribution in [2.45, 2.75) is 19.7 Å². The van der Waals surface area contributed by atoms with E-state index in [-0.39, 0.29) is 24.7 Å². The summed E-state index contributed by atoms with van der Waals surface area (Å²) < 4.78 is 29.7. The minimum absolute atomic E-state index is 0.0583. The van der Waals surface area contributed by atoms with Gasteiger partial charge >= 0.3 is 6.61 Å². The lowest BCUT2D eigenvalue weighted by atomic mass is 10.2. The van der Waals surface area contributed by atoms with Crippen LogP contribution >= 0.6 is 0 Å². The molecule has 1 amide bonds. The van der Waals surface area contributed by atoms with Gasteiger partial charge in [-0.05, 0) is 11.6 Å². The molecule has 2 aromatic carbocycles. The summed E-state index contributed by atoms with van der Waals surface area (Å²) in [5.74, 6) is 0.373. The SMILES string of the molecule is CN(C)C(=O)CNC(=NCc1ccccc1)NCc1ccccc1OC(F)F. The van der Waals surface area contributed by atoms with E-state index in [2.05, 4.69) is 20.4 Å². The molecule has 0 atom stereocenters. The van der Waals surface area contributed by atoms with Crippen LogP contribution < -0.4 is 15.4 Å². The van der Waals surface area contributed by atoms with Crippen molar-refractivity contribution in [3.05, 3.63) is 65.7 Å². The van der Waals surface area contributed by atoms with Crippen molar-refractivity contribution in [2.24, 2.45) is 4.99 Å². The summed E-state index contributed by atoms with van der Waals surface area (Å²) in [5.41, 5.74) is 1.56. The Bertz CT molecular complexity index is 783. The first-order chi connectivity index (χ1) is 13.5. The molecule has 0 saturated heterocycles. The van der Waals surface area contributed by atoms with E-state index in [9.17, 15) is 13.6 Å². The molecule has 8 heteroatoms. The second-order valence-corrected chi connectivity index (χ2v) is 6.13. The number of ether oxygens (including phenoxy) is 1. The zero-order valence-electron chi connectivity index (χ0n) is 15.9.